The number of nitrogens with one attached hydrogen (secondary N) is 1. The van der Waals surface area contributed by atoms with Crippen LogP contribution in [0.15, 0.2) is 48.7 Å². The van der Waals surface area contributed by atoms with Gasteiger partial charge in [-0.1, -0.05) is 24.3 Å². The number of rotatable bonds is 6. The molecule has 5 rings (SSSR count). The number of Topliss-reactive ketones (excluding diaryl/α,β-unsaturated/α-hetero) is 1. The third kappa shape index (κ3) is 4.61. The summed E-state index contributed by atoms with van der Waals surface area (Å²) in [6.45, 7) is 0.250. The van der Waals surface area contributed by atoms with Gasteiger partial charge in [0.15, 0.2) is 5.78 Å². The van der Waals surface area contributed by atoms with Gasteiger partial charge in [-0.25, -0.2) is 9.78 Å². The Hall–Kier alpha value is -3.28. The number of ketones is 1. The first-order valence-electron chi connectivity index (χ1n) is 11.8. The number of benzene rings is 1. The molecule has 2 aromatic heterocycles. The molecular weight excluding hydrogens is 414 g/mol. The van der Waals surface area contributed by atoms with Crippen molar-refractivity contribution in [1.29, 1.82) is 0 Å². The molecule has 3 aromatic rings. The third-order valence-electron chi connectivity index (χ3n) is 7.05. The molecule has 2 aliphatic rings. The number of hydrogen-bond acceptors (Lipinski definition) is 5. The Morgan fingerprint density at radius 2 is 1.70 bits per heavy atom. The summed E-state index contributed by atoms with van der Waals surface area (Å²) < 4.78 is 4.64. The van der Waals surface area contributed by atoms with Gasteiger partial charge < -0.3 is 10.1 Å². The normalized spacial score (nSPS) is 20.4. The van der Waals surface area contributed by atoms with Crippen LogP contribution in [0, 0.1) is 5.92 Å². The monoisotopic (exact) mass is 443 g/mol. The van der Waals surface area contributed by atoms with E-state index < -0.39 is 6.09 Å². The second-order valence-corrected chi connectivity index (χ2v) is 9.19. The number of ether oxygens (including phenoxy) is 1. The van der Waals surface area contributed by atoms with Crippen molar-refractivity contribution in [2.75, 3.05) is 7.11 Å². The van der Waals surface area contributed by atoms with Gasteiger partial charge in [0.25, 0.3) is 0 Å². The maximum Gasteiger partial charge on any atom is 0.407 e. The quantitative estimate of drug-likeness (QED) is 0.507. The summed E-state index contributed by atoms with van der Waals surface area (Å²) in [6.07, 6.45) is 7.29. The first kappa shape index (κ1) is 21.6. The van der Waals surface area contributed by atoms with Crippen LogP contribution in [0.2, 0.25) is 0 Å². The van der Waals surface area contributed by atoms with Crippen molar-refractivity contribution < 1.29 is 14.3 Å². The summed E-state index contributed by atoms with van der Waals surface area (Å²) in [5.74, 6) is 1.06. The van der Waals surface area contributed by atoms with Crippen LogP contribution in [-0.2, 0) is 11.3 Å². The maximum absolute atomic E-state index is 13.6. The van der Waals surface area contributed by atoms with Crippen molar-refractivity contribution in [3.63, 3.8) is 0 Å². The van der Waals surface area contributed by atoms with E-state index in [1.807, 2.05) is 24.4 Å². The summed E-state index contributed by atoms with van der Waals surface area (Å²) in [5.41, 5.74) is 4.75. The van der Waals surface area contributed by atoms with E-state index in [1.165, 1.54) is 18.1 Å². The molecule has 2 saturated carbocycles. The van der Waals surface area contributed by atoms with Crippen LogP contribution < -0.4 is 5.32 Å². The van der Waals surface area contributed by atoms with Crippen molar-refractivity contribution >= 4 is 22.8 Å². The van der Waals surface area contributed by atoms with Gasteiger partial charge in [0.2, 0.25) is 0 Å². The standard InChI is InChI=1S/C27H29N3O3/c1-33-27(32)29-16-20-13-14-22(18-7-8-18)25(30-20)26(31)19-11-9-17(10-12-19)21-4-2-6-24-23(21)5-3-15-28-24/h2-6,13-15,17-19H,7-12,16H2,1H3,(H,29,32). The lowest BCUT2D eigenvalue weighted by Gasteiger charge is -2.29. The zero-order valence-corrected chi connectivity index (χ0v) is 18.9. The van der Waals surface area contributed by atoms with E-state index in [-0.39, 0.29) is 18.2 Å². The number of nitrogens with zero attached hydrogens (tertiary/aromatic N) is 2. The fourth-order valence-electron chi connectivity index (χ4n) is 5.11. The molecule has 0 spiro atoms. The molecule has 6 heteroatoms. The SMILES string of the molecule is COC(=O)NCc1ccc(C2CC2)c(C(=O)C2CCC(c3cccc4ncccc34)CC2)n1. The van der Waals surface area contributed by atoms with Crippen molar-refractivity contribution in [3.8, 4) is 0 Å². The molecule has 2 aliphatic carbocycles. The lowest BCUT2D eigenvalue weighted by Crippen LogP contribution is -2.25. The van der Waals surface area contributed by atoms with Crippen molar-refractivity contribution in [3.05, 3.63) is 71.2 Å². The van der Waals surface area contributed by atoms with Crippen LogP contribution in [0.1, 0.15) is 77.7 Å². The second-order valence-electron chi connectivity index (χ2n) is 9.19. The number of fused-ring (bicyclic) bond motifs is 1. The van der Waals surface area contributed by atoms with Crippen LogP contribution in [0.4, 0.5) is 4.79 Å². The lowest BCUT2D eigenvalue weighted by atomic mass is 9.75. The fourth-order valence-corrected chi connectivity index (χ4v) is 5.11. The molecule has 2 heterocycles. The van der Waals surface area contributed by atoms with Crippen LogP contribution in [0.5, 0.6) is 0 Å². The van der Waals surface area contributed by atoms with Gasteiger partial charge in [0, 0.05) is 17.5 Å². The molecule has 1 amide bonds. The minimum atomic E-state index is -0.502. The average Bonchev–Trinajstić information content (AvgIpc) is 3.72. The first-order chi connectivity index (χ1) is 16.1. The van der Waals surface area contributed by atoms with Gasteiger partial charge >= 0.3 is 6.09 Å². The molecule has 1 aromatic carbocycles. The zero-order chi connectivity index (χ0) is 22.8. The highest BCUT2D eigenvalue weighted by atomic mass is 16.5. The first-order valence-corrected chi connectivity index (χ1v) is 11.8. The number of pyridine rings is 2. The molecule has 2 fully saturated rings. The molecule has 1 N–H and O–H groups in total. The fraction of sp³-hybridized carbons (Fsp3) is 0.407. The highest BCUT2D eigenvalue weighted by Gasteiger charge is 2.34. The molecule has 6 nitrogen and oxygen atoms in total. The molecule has 170 valence electrons. The largest absolute Gasteiger partial charge is 0.453 e. The van der Waals surface area contributed by atoms with Gasteiger partial charge in [-0.3, -0.25) is 9.78 Å². The van der Waals surface area contributed by atoms with Crippen LogP contribution in [-0.4, -0.2) is 29.0 Å². The van der Waals surface area contributed by atoms with Crippen LogP contribution in [0.3, 0.4) is 0 Å². The zero-order valence-electron chi connectivity index (χ0n) is 18.9. The Bertz CT molecular complexity index is 1170. The third-order valence-corrected chi connectivity index (χ3v) is 7.05. The van der Waals surface area contributed by atoms with Crippen molar-refractivity contribution in [2.24, 2.45) is 5.92 Å². The van der Waals surface area contributed by atoms with E-state index in [9.17, 15) is 9.59 Å². The predicted octanol–water partition coefficient (Wildman–Crippen LogP) is 5.52. The summed E-state index contributed by atoms with van der Waals surface area (Å²) in [6, 6.07) is 14.4. The van der Waals surface area contributed by atoms with Crippen molar-refractivity contribution in [1.82, 2.24) is 15.3 Å². The minimum absolute atomic E-state index is 0.00293. The molecule has 33 heavy (non-hydrogen) atoms. The van der Waals surface area contributed by atoms with Gasteiger partial charge in [-0.15, -0.1) is 0 Å². The Morgan fingerprint density at radius 1 is 0.939 bits per heavy atom. The number of carbonyl (C=O) groups excluding carboxylic acids is 2. The molecule has 0 saturated heterocycles. The van der Waals surface area contributed by atoms with Gasteiger partial charge in [0.1, 0.15) is 5.69 Å². The topological polar surface area (TPSA) is 81.2 Å². The Kier molecular flexibility index (Phi) is 6.07. The summed E-state index contributed by atoms with van der Waals surface area (Å²) in [4.78, 5) is 34.2. The number of methoxy groups -OCH3 is 1. The maximum atomic E-state index is 13.6. The number of amides is 1. The summed E-state index contributed by atoms with van der Waals surface area (Å²) in [5, 5.41) is 3.88. The van der Waals surface area contributed by atoms with Gasteiger partial charge in [-0.05, 0) is 79.7 Å². The molecule has 0 radical (unpaired) electrons. The molecule has 0 atom stereocenters. The minimum Gasteiger partial charge on any atom is -0.453 e. The molecule has 0 unspecified atom stereocenters. The average molecular weight is 444 g/mol. The van der Waals surface area contributed by atoms with E-state index >= 15 is 0 Å². The van der Waals surface area contributed by atoms with E-state index in [2.05, 4.69) is 39.3 Å². The number of carbonyl (C=O) groups is 2. The molecular formula is C27H29N3O3. The van der Waals surface area contributed by atoms with Crippen molar-refractivity contribution in [2.45, 2.75) is 56.9 Å². The number of alkyl carbamates (subject to hydrolysis) is 1. The molecule has 0 aliphatic heterocycles. The summed E-state index contributed by atoms with van der Waals surface area (Å²) in [7, 11) is 1.33. The number of aromatic nitrogens is 2. The van der Waals surface area contributed by atoms with Gasteiger partial charge in [-0.2, -0.15) is 0 Å². The second kappa shape index (κ2) is 9.30. The highest BCUT2D eigenvalue weighted by Crippen LogP contribution is 2.43. The highest BCUT2D eigenvalue weighted by molar-refractivity contribution is 5.98. The van der Waals surface area contributed by atoms with Crippen LogP contribution >= 0.6 is 0 Å². The lowest BCUT2D eigenvalue weighted by molar-refractivity contribution is 0.0877. The number of hydrogen-bond donors (Lipinski definition) is 1. The van der Waals surface area contributed by atoms with E-state index in [1.54, 1.807) is 0 Å². The Labute approximate surface area is 193 Å². The van der Waals surface area contributed by atoms with E-state index in [0.717, 1.165) is 49.6 Å². The molecule has 0 bridgehead atoms. The van der Waals surface area contributed by atoms with Crippen LogP contribution in [0.25, 0.3) is 10.9 Å². The summed E-state index contributed by atoms with van der Waals surface area (Å²) >= 11 is 0. The predicted molar refractivity (Wildman–Crippen MR) is 126 cm³/mol. The Morgan fingerprint density at radius 3 is 2.45 bits per heavy atom. The van der Waals surface area contributed by atoms with Gasteiger partial charge in [0.05, 0.1) is 24.9 Å². The smallest absolute Gasteiger partial charge is 0.407 e. The van der Waals surface area contributed by atoms with E-state index in [4.69, 9.17) is 4.98 Å². The van der Waals surface area contributed by atoms with E-state index in [0.29, 0.717) is 23.2 Å². The Balaban J connectivity index is 1.31.